The van der Waals surface area contributed by atoms with E-state index in [1.165, 1.54) is 5.56 Å². The maximum absolute atomic E-state index is 12.4. The van der Waals surface area contributed by atoms with Crippen LogP contribution in [0.4, 0.5) is 11.5 Å². The predicted molar refractivity (Wildman–Crippen MR) is 84.0 cm³/mol. The molecule has 0 bridgehead atoms. The van der Waals surface area contributed by atoms with Gasteiger partial charge in [-0.3, -0.25) is 9.48 Å². The molecule has 1 aromatic carbocycles. The van der Waals surface area contributed by atoms with Crippen molar-refractivity contribution in [3.05, 3.63) is 41.1 Å². The summed E-state index contributed by atoms with van der Waals surface area (Å²) in [5, 5.41) is 7.47. The van der Waals surface area contributed by atoms with Crippen LogP contribution in [0.1, 0.15) is 28.0 Å². The minimum absolute atomic E-state index is 0.0852. The summed E-state index contributed by atoms with van der Waals surface area (Å²) < 4.78 is 1.77. The van der Waals surface area contributed by atoms with Crippen molar-refractivity contribution in [1.82, 2.24) is 9.78 Å². The average molecular weight is 284 g/mol. The van der Waals surface area contributed by atoms with E-state index in [2.05, 4.69) is 10.4 Å². The zero-order valence-corrected chi connectivity index (χ0v) is 12.7. The van der Waals surface area contributed by atoms with Crippen LogP contribution < -0.4 is 10.2 Å². The number of carbonyl (C=O) groups is 1. The Morgan fingerprint density at radius 2 is 1.95 bits per heavy atom. The van der Waals surface area contributed by atoms with E-state index < -0.39 is 0 Å². The number of carbonyl (C=O) groups excluding carboxylic acids is 1. The summed E-state index contributed by atoms with van der Waals surface area (Å²) in [7, 11) is 5.84. The average Bonchev–Trinajstić information content (AvgIpc) is 3.02. The van der Waals surface area contributed by atoms with E-state index in [1.807, 2.05) is 50.3 Å². The summed E-state index contributed by atoms with van der Waals surface area (Å²) in [5.74, 6) is 0.752. The number of hydrogen-bond acceptors (Lipinski definition) is 3. The zero-order valence-electron chi connectivity index (χ0n) is 12.7. The molecule has 0 radical (unpaired) electrons. The lowest BCUT2D eigenvalue weighted by Crippen LogP contribution is -2.16. The van der Waals surface area contributed by atoms with Crippen LogP contribution in [0.5, 0.6) is 0 Å². The quantitative estimate of drug-likeness (QED) is 0.940. The highest BCUT2D eigenvalue weighted by Gasteiger charge is 2.22. The van der Waals surface area contributed by atoms with Crippen LogP contribution in [-0.4, -0.2) is 29.8 Å². The van der Waals surface area contributed by atoms with E-state index >= 15 is 0 Å². The summed E-state index contributed by atoms with van der Waals surface area (Å²) in [4.78, 5) is 14.4. The largest absolute Gasteiger partial charge is 0.378 e. The van der Waals surface area contributed by atoms with Gasteiger partial charge in [-0.05, 0) is 43.5 Å². The molecular weight excluding hydrogens is 264 g/mol. The zero-order chi connectivity index (χ0) is 15.0. The van der Waals surface area contributed by atoms with Gasteiger partial charge in [-0.25, -0.2) is 0 Å². The standard InChI is InChI=1S/C16H20N4O/c1-19(2)12-9-7-11(8-10-12)16(21)17-15-13-5-4-6-14(13)18-20(15)3/h7-10H,4-6H2,1-3H3,(H,17,21). The molecule has 3 rings (SSSR count). The first kappa shape index (κ1) is 13.7. The van der Waals surface area contributed by atoms with Crippen molar-refractivity contribution in [3.63, 3.8) is 0 Å². The molecule has 1 aliphatic rings. The van der Waals surface area contributed by atoms with E-state index in [9.17, 15) is 4.79 Å². The fraction of sp³-hybridized carbons (Fsp3) is 0.375. The number of nitrogens with one attached hydrogen (secondary N) is 1. The number of aromatic nitrogens is 2. The Bertz CT molecular complexity index is 670. The molecule has 0 fully saturated rings. The molecule has 0 atom stereocenters. The third-order valence-electron chi connectivity index (χ3n) is 3.95. The normalized spacial score (nSPS) is 13.1. The van der Waals surface area contributed by atoms with E-state index in [-0.39, 0.29) is 5.91 Å². The van der Waals surface area contributed by atoms with Gasteiger partial charge in [-0.2, -0.15) is 5.10 Å². The topological polar surface area (TPSA) is 50.2 Å². The Morgan fingerprint density at radius 1 is 1.24 bits per heavy atom. The predicted octanol–water partition coefficient (Wildman–Crippen LogP) is 2.23. The van der Waals surface area contributed by atoms with Crippen LogP contribution in [-0.2, 0) is 19.9 Å². The number of benzene rings is 1. The molecule has 21 heavy (non-hydrogen) atoms. The molecule has 1 aliphatic carbocycles. The molecule has 0 spiro atoms. The van der Waals surface area contributed by atoms with Gasteiger partial charge in [0.25, 0.3) is 5.91 Å². The van der Waals surface area contributed by atoms with Crippen molar-refractivity contribution >= 4 is 17.4 Å². The summed E-state index contributed by atoms with van der Waals surface area (Å²) >= 11 is 0. The Kier molecular flexibility index (Phi) is 3.41. The molecule has 2 aromatic rings. The lowest BCUT2D eigenvalue weighted by Gasteiger charge is -2.13. The number of amides is 1. The molecule has 1 N–H and O–H groups in total. The van der Waals surface area contributed by atoms with Crippen LogP contribution >= 0.6 is 0 Å². The minimum Gasteiger partial charge on any atom is -0.378 e. The number of fused-ring (bicyclic) bond motifs is 1. The number of rotatable bonds is 3. The summed E-state index contributed by atoms with van der Waals surface area (Å²) in [5.41, 5.74) is 4.05. The molecule has 110 valence electrons. The molecule has 5 nitrogen and oxygen atoms in total. The van der Waals surface area contributed by atoms with Gasteiger partial charge in [0.2, 0.25) is 0 Å². The molecule has 0 saturated carbocycles. The smallest absolute Gasteiger partial charge is 0.256 e. The monoisotopic (exact) mass is 284 g/mol. The van der Waals surface area contributed by atoms with Gasteiger partial charge < -0.3 is 10.2 Å². The van der Waals surface area contributed by atoms with Crippen LogP contribution in [0.2, 0.25) is 0 Å². The fourth-order valence-electron chi connectivity index (χ4n) is 2.77. The SMILES string of the molecule is CN(C)c1ccc(C(=O)Nc2c3c(nn2C)CCC3)cc1. The fourth-order valence-corrected chi connectivity index (χ4v) is 2.77. The van der Waals surface area contributed by atoms with Crippen molar-refractivity contribution < 1.29 is 4.79 Å². The molecule has 1 heterocycles. The summed E-state index contributed by atoms with van der Waals surface area (Å²) in [6, 6.07) is 7.59. The Balaban J connectivity index is 1.80. The lowest BCUT2D eigenvalue weighted by molar-refractivity contribution is 0.102. The Hall–Kier alpha value is -2.30. The second kappa shape index (κ2) is 5.24. The Morgan fingerprint density at radius 3 is 2.62 bits per heavy atom. The van der Waals surface area contributed by atoms with Gasteiger partial charge in [0, 0.05) is 38.0 Å². The number of anilines is 2. The maximum Gasteiger partial charge on any atom is 0.256 e. The molecule has 5 heteroatoms. The van der Waals surface area contributed by atoms with Gasteiger partial charge in [-0.15, -0.1) is 0 Å². The van der Waals surface area contributed by atoms with Gasteiger partial charge in [0.15, 0.2) is 0 Å². The second-order valence-electron chi connectivity index (χ2n) is 5.65. The van der Waals surface area contributed by atoms with E-state index in [4.69, 9.17) is 0 Å². The first-order chi connectivity index (χ1) is 10.1. The van der Waals surface area contributed by atoms with E-state index in [0.717, 1.165) is 36.5 Å². The van der Waals surface area contributed by atoms with Gasteiger partial charge in [0.05, 0.1) is 5.69 Å². The second-order valence-corrected chi connectivity index (χ2v) is 5.65. The summed E-state index contributed by atoms with van der Waals surface area (Å²) in [6.45, 7) is 0. The van der Waals surface area contributed by atoms with Gasteiger partial charge >= 0.3 is 0 Å². The highest BCUT2D eigenvalue weighted by molar-refractivity contribution is 6.04. The van der Waals surface area contributed by atoms with Crippen molar-refractivity contribution in [2.45, 2.75) is 19.3 Å². The first-order valence-electron chi connectivity index (χ1n) is 7.20. The third-order valence-corrected chi connectivity index (χ3v) is 3.95. The maximum atomic E-state index is 12.4. The summed E-state index contributed by atoms with van der Waals surface area (Å²) in [6.07, 6.45) is 3.13. The molecule has 1 aromatic heterocycles. The van der Waals surface area contributed by atoms with Crippen LogP contribution in [0.3, 0.4) is 0 Å². The number of hydrogen-bond donors (Lipinski definition) is 1. The van der Waals surface area contributed by atoms with E-state index in [0.29, 0.717) is 5.56 Å². The van der Waals surface area contributed by atoms with Crippen molar-refractivity contribution in [1.29, 1.82) is 0 Å². The number of aryl methyl sites for hydroxylation is 2. The van der Waals surface area contributed by atoms with Crippen LogP contribution in [0.25, 0.3) is 0 Å². The molecule has 0 aliphatic heterocycles. The highest BCUT2D eigenvalue weighted by Crippen LogP contribution is 2.28. The first-order valence-corrected chi connectivity index (χ1v) is 7.20. The van der Waals surface area contributed by atoms with Gasteiger partial charge in [-0.1, -0.05) is 0 Å². The van der Waals surface area contributed by atoms with E-state index in [1.54, 1.807) is 4.68 Å². The molecular formula is C16H20N4O. The minimum atomic E-state index is -0.0852. The highest BCUT2D eigenvalue weighted by atomic mass is 16.1. The molecule has 0 unspecified atom stereocenters. The Labute approximate surface area is 124 Å². The van der Waals surface area contributed by atoms with Crippen molar-refractivity contribution in [2.75, 3.05) is 24.3 Å². The van der Waals surface area contributed by atoms with Crippen LogP contribution in [0.15, 0.2) is 24.3 Å². The molecule has 1 amide bonds. The molecule has 0 saturated heterocycles. The third kappa shape index (κ3) is 2.51. The van der Waals surface area contributed by atoms with Crippen LogP contribution in [0, 0.1) is 0 Å². The number of nitrogens with zero attached hydrogens (tertiary/aromatic N) is 3. The lowest BCUT2D eigenvalue weighted by atomic mass is 10.2. The van der Waals surface area contributed by atoms with Crippen molar-refractivity contribution in [3.8, 4) is 0 Å². The van der Waals surface area contributed by atoms with Gasteiger partial charge in [0.1, 0.15) is 5.82 Å². The van der Waals surface area contributed by atoms with Crippen molar-refractivity contribution in [2.24, 2.45) is 7.05 Å².